The standard InChI is InChI=1S/C19H23N5O2/c1-20-16(25)14-5-3-9-21-15(14)24-10-13-4-2-8-19(13,11-24)18-23-22-17(26-18)12-6-7-12/h3,5,9,12-13H,2,4,6-8,10-11H2,1H3,(H,20,25)/t13-,19-/m0/s1. The second-order valence-electron chi connectivity index (χ2n) is 7.80. The van der Waals surface area contributed by atoms with E-state index in [1.165, 1.54) is 6.42 Å². The largest absolute Gasteiger partial charge is 0.424 e. The van der Waals surface area contributed by atoms with Crippen LogP contribution >= 0.6 is 0 Å². The highest BCUT2D eigenvalue weighted by molar-refractivity contribution is 5.98. The highest BCUT2D eigenvalue weighted by Gasteiger charge is 2.55. The van der Waals surface area contributed by atoms with Crippen molar-refractivity contribution in [3.63, 3.8) is 0 Å². The molecule has 7 heteroatoms. The van der Waals surface area contributed by atoms with Crippen LogP contribution in [-0.2, 0) is 5.41 Å². The van der Waals surface area contributed by atoms with Gasteiger partial charge in [-0.2, -0.15) is 0 Å². The molecule has 26 heavy (non-hydrogen) atoms. The Morgan fingerprint density at radius 3 is 3.04 bits per heavy atom. The summed E-state index contributed by atoms with van der Waals surface area (Å²) in [5.74, 6) is 3.19. The van der Waals surface area contributed by atoms with Crippen molar-refractivity contribution < 1.29 is 9.21 Å². The van der Waals surface area contributed by atoms with Gasteiger partial charge in [0.15, 0.2) is 0 Å². The van der Waals surface area contributed by atoms with Gasteiger partial charge in [-0.05, 0) is 43.7 Å². The van der Waals surface area contributed by atoms with E-state index in [2.05, 4.69) is 25.4 Å². The lowest BCUT2D eigenvalue weighted by Crippen LogP contribution is -2.33. The maximum atomic E-state index is 12.3. The van der Waals surface area contributed by atoms with Crippen LogP contribution in [0.4, 0.5) is 5.82 Å². The van der Waals surface area contributed by atoms with Gasteiger partial charge in [-0.25, -0.2) is 4.98 Å². The molecule has 1 N–H and O–H groups in total. The van der Waals surface area contributed by atoms with Crippen LogP contribution in [0.2, 0.25) is 0 Å². The summed E-state index contributed by atoms with van der Waals surface area (Å²) in [6, 6.07) is 3.64. The maximum absolute atomic E-state index is 12.3. The van der Waals surface area contributed by atoms with Gasteiger partial charge >= 0.3 is 0 Å². The third-order valence-corrected chi connectivity index (χ3v) is 6.22. The number of anilines is 1. The number of pyridine rings is 1. The molecule has 2 saturated carbocycles. The minimum Gasteiger partial charge on any atom is -0.424 e. The fourth-order valence-electron chi connectivity index (χ4n) is 4.69. The van der Waals surface area contributed by atoms with Gasteiger partial charge in [-0.3, -0.25) is 4.79 Å². The number of fused-ring (bicyclic) bond motifs is 1. The summed E-state index contributed by atoms with van der Waals surface area (Å²) >= 11 is 0. The molecular weight excluding hydrogens is 330 g/mol. The summed E-state index contributed by atoms with van der Waals surface area (Å²) in [6.07, 6.45) is 7.47. The molecule has 2 aromatic rings. The average molecular weight is 353 g/mol. The van der Waals surface area contributed by atoms with Crippen LogP contribution in [-0.4, -0.2) is 41.2 Å². The molecule has 136 valence electrons. The number of carbonyl (C=O) groups is 1. The summed E-state index contributed by atoms with van der Waals surface area (Å²) in [6.45, 7) is 1.66. The summed E-state index contributed by atoms with van der Waals surface area (Å²) in [5, 5.41) is 11.5. The lowest BCUT2D eigenvalue weighted by molar-refractivity contribution is 0.0963. The molecule has 0 spiro atoms. The Kier molecular flexibility index (Phi) is 3.52. The zero-order valence-corrected chi connectivity index (χ0v) is 14.9. The van der Waals surface area contributed by atoms with Gasteiger partial charge in [0.1, 0.15) is 5.82 Å². The first-order valence-electron chi connectivity index (χ1n) is 9.47. The SMILES string of the molecule is CNC(=O)c1cccnc1N1C[C@@H]2CCC[C@]2(c2nnc(C3CC3)o2)C1. The van der Waals surface area contributed by atoms with Crippen LogP contribution < -0.4 is 10.2 Å². The molecule has 3 fully saturated rings. The van der Waals surface area contributed by atoms with Gasteiger partial charge in [-0.1, -0.05) is 6.42 Å². The summed E-state index contributed by atoms with van der Waals surface area (Å²) in [7, 11) is 1.65. The highest BCUT2D eigenvalue weighted by atomic mass is 16.4. The van der Waals surface area contributed by atoms with Crippen molar-refractivity contribution in [3.05, 3.63) is 35.7 Å². The topological polar surface area (TPSA) is 84.2 Å². The van der Waals surface area contributed by atoms with E-state index in [0.717, 1.165) is 56.4 Å². The fourth-order valence-corrected chi connectivity index (χ4v) is 4.69. The zero-order valence-electron chi connectivity index (χ0n) is 14.9. The van der Waals surface area contributed by atoms with Gasteiger partial charge in [0.2, 0.25) is 11.8 Å². The lowest BCUT2D eigenvalue weighted by atomic mass is 9.80. The molecule has 1 amide bonds. The number of hydrogen-bond acceptors (Lipinski definition) is 6. The molecule has 1 saturated heterocycles. The number of rotatable bonds is 4. The maximum Gasteiger partial charge on any atom is 0.254 e. The van der Waals surface area contributed by atoms with Crippen LogP contribution in [0.5, 0.6) is 0 Å². The zero-order chi connectivity index (χ0) is 17.7. The second kappa shape index (κ2) is 5.79. The minimum absolute atomic E-state index is 0.0996. The third-order valence-electron chi connectivity index (χ3n) is 6.22. The van der Waals surface area contributed by atoms with Crippen LogP contribution in [0.15, 0.2) is 22.7 Å². The quantitative estimate of drug-likeness (QED) is 0.908. The molecule has 0 aromatic carbocycles. The van der Waals surface area contributed by atoms with Crippen molar-refractivity contribution in [1.29, 1.82) is 0 Å². The molecule has 3 heterocycles. The molecule has 5 rings (SSSR count). The summed E-state index contributed by atoms with van der Waals surface area (Å²) < 4.78 is 6.13. The Morgan fingerprint density at radius 1 is 1.35 bits per heavy atom. The third kappa shape index (κ3) is 2.33. The molecule has 2 aliphatic carbocycles. The summed E-state index contributed by atoms with van der Waals surface area (Å²) in [4.78, 5) is 19.0. The molecule has 7 nitrogen and oxygen atoms in total. The van der Waals surface area contributed by atoms with E-state index < -0.39 is 0 Å². The first kappa shape index (κ1) is 15.8. The Balaban J connectivity index is 1.49. The fraction of sp³-hybridized carbons (Fsp3) is 0.579. The van der Waals surface area contributed by atoms with E-state index in [1.54, 1.807) is 19.3 Å². The average Bonchev–Trinajstić information content (AvgIpc) is 3.09. The Morgan fingerprint density at radius 2 is 2.23 bits per heavy atom. The first-order chi connectivity index (χ1) is 12.7. The lowest BCUT2D eigenvalue weighted by Gasteiger charge is -2.25. The number of amides is 1. The van der Waals surface area contributed by atoms with Crippen molar-refractivity contribution in [2.45, 2.75) is 43.4 Å². The van der Waals surface area contributed by atoms with E-state index in [4.69, 9.17) is 4.42 Å². The molecule has 0 unspecified atom stereocenters. The van der Waals surface area contributed by atoms with E-state index in [9.17, 15) is 4.79 Å². The van der Waals surface area contributed by atoms with E-state index in [-0.39, 0.29) is 11.3 Å². The Hall–Kier alpha value is -2.44. The Labute approximate surface area is 152 Å². The number of nitrogens with one attached hydrogen (secondary N) is 1. The van der Waals surface area contributed by atoms with Crippen LogP contribution in [0, 0.1) is 5.92 Å². The molecule has 3 aliphatic rings. The number of hydrogen-bond donors (Lipinski definition) is 1. The Bertz CT molecular complexity index is 846. The van der Waals surface area contributed by atoms with Gasteiger partial charge in [0.25, 0.3) is 5.91 Å². The van der Waals surface area contributed by atoms with E-state index >= 15 is 0 Å². The van der Waals surface area contributed by atoms with E-state index in [0.29, 0.717) is 17.4 Å². The first-order valence-corrected chi connectivity index (χ1v) is 9.47. The summed E-state index contributed by atoms with van der Waals surface area (Å²) in [5.41, 5.74) is 0.520. The van der Waals surface area contributed by atoms with Crippen molar-refractivity contribution >= 4 is 11.7 Å². The molecule has 2 atom stereocenters. The van der Waals surface area contributed by atoms with E-state index in [1.807, 2.05) is 6.07 Å². The molecule has 0 radical (unpaired) electrons. The molecular formula is C19H23N5O2. The second-order valence-corrected chi connectivity index (χ2v) is 7.80. The van der Waals surface area contributed by atoms with Crippen LogP contribution in [0.3, 0.4) is 0 Å². The number of carbonyl (C=O) groups excluding carboxylic acids is 1. The van der Waals surface area contributed by atoms with Crippen molar-refractivity contribution in [2.24, 2.45) is 5.92 Å². The monoisotopic (exact) mass is 353 g/mol. The highest BCUT2D eigenvalue weighted by Crippen LogP contribution is 2.51. The normalized spacial score (nSPS) is 27.6. The van der Waals surface area contributed by atoms with Crippen LogP contribution in [0.25, 0.3) is 0 Å². The minimum atomic E-state index is -0.104. The van der Waals surface area contributed by atoms with Crippen molar-refractivity contribution in [1.82, 2.24) is 20.5 Å². The van der Waals surface area contributed by atoms with Crippen molar-refractivity contribution in [2.75, 3.05) is 25.0 Å². The number of nitrogens with zero attached hydrogens (tertiary/aromatic N) is 4. The smallest absolute Gasteiger partial charge is 0.254 e. The molecule has 2 aromatic heterocycles. The van der Waals surface area contributed by atoms with Crippen LogP contribution in [0.1, 0.15) is 60.2 Å². The van der Waals surface area contributed by atoms with Gasteiger partial charge in [0, 0.05) is 32.3 Å². The number of aromatic nitrogens is 3. The van der Waals surface area contributed by atoms with Crippen molar-refractivity contribution in [3.8, 4) is 0 Å². The predicted molar refractivity (Wildman–Crippen MR) is 95.1 cm³/mol. The van der Waals surface area contributed by atoms with Gasteiger partial charge < -0.3 is 14.6 Å². The van der Waals surface area contributed by atoms with Gasteiger partial charge in [0.05, 0.1) is 11.0 Å². The molecule has 1 aliphatic heterocycles. The predicted octanol–water partition coefficient (Wildman–Crippen LogP) is 2.26. The van der Waals surface area contributed by atoms with Gasteiger partial charge in [-0.15, -0.1) is 10.2 Å². The molecule has 0 bridgehead atoms.